The zero-order valence-corrected chi connectivity index (χ0v) is 14.5. The minimum Gasteiger partial charge on any atom is -0.495 e. The van der Waals surface area contributed by atoms with Gasteiger partial charge in [0.25, 0.3) is 0 Å². The van der Waals surface area contributed by atoms with Crippen LogP contribution in [-0.4, -0.2) is 34.0 Å². The average molecular weight is 328 g/mol. The minimum atomic E-state index is -3.84. The van der Waals surface area contributed by atoms with E-state index in [1.54, 1.807) is 19.1 Å². The van der Waals surface area contributed by atoms with Crippen LogP contribution in [0.15, 0.2) is 23.1 Å². The molecule has 2 N–H and O–H groups in total. The second-order valence-electron chi connectivity index (χ2n) is 5.64. The normalized spacial score (nSPS) is 13.0. The third-order valence-electron chi connectivity index (χ3n) is 3.02. The molecule has 0 aliphatic carbocycles. The van der Waals surface area contributed by atoms with Gasteiger partial charge in [0.15, 0.2) is 0 Å². The number of carbonyl (C=O) groups excluding carboxylic acids is 1. The van der Waals surface area contributed by atoms with Gasteiger partial charge in [-0.2, -0.15) is 4.72 Å². The lowest BCUT2D eigenvalue weighted by Crippen LogP contribution is -2.45. The molecule has 0 aliphatic heterocycles. The third-order valence-corrected chi connectivity index (χ3v) is 4.58. The molecule has 124 valence electrons. The Morgan fingerprint density at radius 2 is 1.91 bits per heavy atom. The molecule has 0 bridgehead atoms. The molecule has 0 aromatic heterocycles. The summed E-state index contributed by atoms with van der Waals surface area (Å²) in [6, 6.07) is 4.00. The summed E-state index contributed by atoms with van der Waals surface area (Å²) in [6.45, 7) is 7.73. The molecule has 1 amide bonds. The summed E-state index contributed by atoms with van der Waals surface area (Å²) >= 11 is 0. The van der Waals surface area contributed by atoms with Crippen molar-refractivity contribution in [3.63, 3.8) is 0 Å². The first-order valence-corrected chi connectivity index (χ1v) is 8.60. The van der Waals surface area contributed by atoms with E-state index in [1.807, 2.05) is 13.8 Å². The molecule has 0 aliphatic rings. The van der Waals surface area contributed by atoms with Gasteiger partial charge in [-0.1, -0.05) is 19.9 Å². The zero-order valence-electron chi connectivity index (χ0n) is 13.6. The van der Waals surface area contributed by atoms with Gasteiger partial charge in [0, 0.05) is 6.54 Å². The van der Waals surface area contributed by atoms with E-state index < -0.39 is 16.1 Å². The molecular weight excluding hydrogens is 304 g/mol. The Kier molecular flexibility index (Phi) is 6.37. The smallest absolute Gasteiger partial charge is 0.244 e. The molecule has 0 saturated heterocycles. The van der Waals surface area contributed by atoms with Gasteiger partial charge in [-0.05, 0) is 37.5 Å². The second-order valence-corrected chi connectivity index (χ2v) is 7.32. The topological polar surface area (TPSA) is 84.5 Å². The number of sulfonamides is 1. The number of hydrogen-bond donors (Lipinski definition) is 2. The van der Waals surface area contributed by atoms with E-state index in [0.29, 0.717) is 12.5 Å². The molecule has 1 rings (SSSR count). The van der Waals surface area contributed by atoms with Gasteiger partial charge in [0.2, 0.25) is 15.9 Å². The fraction of sp³-hybridized carbons (Fsp3) is 0.533. The number of benzene rings is 1. The highest BCUT2D eigenvalue weighted by atomic mass is 32.2. The molecule has 1 aromatic carbocycles. The van der Waals surface area contributed by atoms with Crippen molar-refractivity contribution in [2.75, 3.05) is 13.7 Å². The van der Waals surface area contributed by atoms with Crippen LogP contribution in [0.25, 0.3) is 0 Å². The predicted octanol–water partition coefficient (Wildman–Crippen LogP) is 1.44. The number of hydrogen-bond acceptors (Lipinski definition) is 4. The maximum Gasteiger partial charge on any atom is 0.244 e. The number of nitrogens with one attached hydrogen (secondary N) is 2. The van der Waals surface area contributed by atoms with Crippen LogP contribution < -0.4 is 14.8 Å². The van der Waals surface area contributed by atoms with Gasteiger partial charge in [0.05, 0.1) is 13.2 Å². The highest BCUT2D eigenvalue weighted by molar-refractivity contribution is 7.89. The molecule has 0 saturated carbocycles. The number of ether oxygens (including phenoxy) is 1. The van der Waals surface area contributed by atoms with Gasteiger partial charge in [-0.25, -0.2) is 8.42 Å². The van der Waals surface area contributed by atoms with E-state index in [4.69, 9.17) is 4.74 Å². The Morgan fingerprint density at radius 1 is 1.27 bits per heavy atom. The summed E-state index contributed by atoms with van der Waals surface area (Å²) in [5.74, 6) is 0.182. The van der Waals surface area contributed by atoms with E-state index in [2.05, 4.69) is 10.0 Å². The molecule has 6 nitrogen and oxygen atoms in total. The summed E-state index contributed by atoms with van der Waals surface area (Å²) in [6.07, 6.45) is 0. The van der Waals surface area contributed by atoms with Crippen molar-refractivity contribution in [3.05, 3.63) is 23.8 Å². The lowest BCUT2D eigenvalue weighted by atomic mass is 10.2. The first-order chi connectivity index (χ1) is 10.2. The van der Waals surface area contributed by atoms with Crippen LogP contribution in [0.4, 0.5) is 0 Å². The van der Waals surface area contributed by atoms with Crippen molar-refractivity contribution >= 4 is 15.9 Å². The Morgan fingerprint density at radius 3 is 2.45 bits per heavy atom. The highest BCUT2D eigenvalue weighted by Crippen LogP contribution is 2.24. The summed E-state index contributed by atoms with van der Waals surface area (Å²) in [4.78, 5) is 11.9. The Hall–Kier alpha value is -1.60. The van der Waals surface area contributed by atoms with Crippen molar-refractivity contribution < 1.29 is 17.9 Å². The molecule has 1 aromatic rings. The van der Waals surface area contributed by atoms with Gasteiger partial charge >= 0.3 is 0 Å². The van der Waals surface area contributed by atoms with Crippen LogP contribution in [0.1, 0.15) is 26.3 Å². The van der Waals surface area contributed by atoms with E-state index in [1.165, 1.54) is 20.1 Å². The van der Waals surface area contributed by atoms with Crippen molar-refractivity contribution in [2.45, 2.75) is 38.6 Å². The van der Waals surface area contributed by atoms with Crippen molar-refractivity contribution in [1.29, 1.82) is 0 Å². The van der Waals surface area contributed by atoms with E-state index in [9.17, 15) is 13.2 Å². The third kappa shape index (κ3) is 4.99. The molecular formula is C15H24N2O4S. The standard InChI is InChI=1S/C15H24N2O4S/c1-10(2)9-16-15(18)12(4)17-22(19,20)14-8-11(3)6-7-13(14)21-5/h6-8,10,12,17H,9H2,1-5H3,(H,16,18)/t12-/m1/s1. The van der Waals surface area contributed by atoms with Gasteiger partial charge in [-0.15, -0.1) is 0 Å². The molecule has 0 fully saturated rings. The molecule has 7 heteroatoms. The fourth-order valence-electron chi connectivity index (χ4n) is 1.80. The van der Waals surface area contributed by atoms with Crippen molar-refractivity contribution in [2.24, 2.45) is 5.92 Å². The Labute approximate surface area is 132 Å². The molecule has 0 radical (unpaired) electrons. The summed E-state index contributed by atoms with van der Waals surface area (Å²) < 4.78 is 32.4. The first kappa shape index (κ1) is 18.4. The predicted molar refractivity (Wildman–Crippen MR) is 85.4 cm³/mol. The summed E-state index contributed by atoms with van der Waals surface area (Å²) in [5.41, 5.74) is 0.790. The number of carbonyl (C=O) groups is 1. The highest BCUT2D eigenvalue weighted by Gasteiger charge is 2.25. The second kappa shape index (κ2) is 7.60. The average Bonchev–Trinajstić information content (AvgIpc) is 2.44. The van der Waals surface area contributed by atoms with E-state index in [0.717, 1.165) is 5.56 Å². The van der Waals surface area contributed by atoms with Crippen LogP contribution in [-0.2, 0) is 14.8 Å². The van der Waals surface area contributed by atoms with Gasteiger partial charge in [0.1, 0.15) is 10.6 Å². The zero-order chi connectivity index (χ0) is 16.9. The molecule has 22 heavy (non-hydrogen) atoms. The monoisotopic (exact) mass is 328 g/mol. The number of methoxy groups -OCH3 is 1. The Bertz CT molecular complexity index is 626. The molecule has 0 unspecified atom stereocenters. The minimum absolute atomic E-state index is 0.0264. The van der Waals surface area contributed by atoms with Gasteiger partial charge in [-0.3, -0.25) is 4.79 Å². The summed E-state index contributed by atoms with van der Waals surface area (Å²) in [7, 11) is -2.44. The summed E-state index contributed by atoms with van der Waals surface area (Å²) in [5, 5.41) is 2.70. The largest absolute Gasteiger partial charge is 0.495 e. The number of rotatable bonds is 7. The van der Waals surface area contributed by atoms with Crippen LogP contribution in [0.3, 0.4) is 0 Å². The van der Waals surface area contributed by atoms with Crippen LogP contribution in [0.2, 0.25) is 0 Å². The Balaban J connectivity index is 2.92. The molecule has 1 atom stereocenters. The first-order valence-electron chi connectivity index (χ1n) is 7.12. The van der Waals surface area contributed by atoms with Crippen LogP contribution in [0, 0.1) is 12.8 Å². The van der Waals surface area contributed by atoms with Crippen LogP contribution >= 0.6 is 0 Å². The SMILES string of the molecule is COc1ccc(C)cc1S(=O)(=O)N[C@H](C)C(=O)NCC(C)C. The van der Waals surface area contributed by atoms with Crippen molar-refractivity contribution in [1.82, 2.24) is 10.0 Å². The quantitative estimate of drug-likeness (QED) is 0.793. The van der Waals surface area contributed by atoms with E-state index in [-0.39, 0.29) is 16.6 Å². The van der Waals surface area contributed by atoms with Crippen LogP contribution in [0.5, 0.6) is 5.75 Å². The molecule has 0 spiro atoms. The van der Waals surface area contributed by atoms with Gasteiger partial charge < -0.3 is 10.1 Å². The maximum atomic E-state index is 12.4. The number of aryl methyl sites for hydroxylation is 1. The lowest BCUT2D eigenvalue weighted by Gasteiger charge is -2.17. The molecule has 0 heterocycles. The fourth-order valence-corrected chi connectivity index (χ4v) is 3.26. The maximum absolute atomic E-state index is 12.4. The number of amides is 1. The van der Waals surface area contributed by atoms with Crippen molar-refractivity contribution in [3.8, 4) is 5.75 Å². The lowest BCUT2D eigenvalue weighted by molar-refractivity contribution is -0.122. The van der Waals surface area contributed by atoms with E-state index >= 15 is 0 Å².